The first kappa shape index (κ1) is 13.5. The molecule has 0 bridgehead atoms. The van der Waals surface area contributed by atoms with Crippen LogP contribution in [0.25, 0.3) is 10.9 Å². The number of aromatic nitrogens is 1. The molecule has 0 aliphatic carbocycles. The van der Waals surface area contributed by atoms with E-state index in [-0.39, 0.29) is 11.7 Å². The summed E-state index contributed by atoms with van der Waals surface area (Å²) in [6.45, 7) is 1.89. The Morgan fingerprint density at radius 2 is 2.05 bits per heavy atom. The van der Waals surface area contributed by atoms with Crippen LogP contribution in [0.4, 0.5) is 5.69 Å². The first-order valence-corrected chi connectivity index (χ1v) is 6.80. The number of phenolic OH excluding ortho intramolecular Hbond substituents is 1. The fourth-order valence-corrected chi connectivity index (χ4v) is 2.41. The van der Waals surface area contributed by atoms with E-state index in [2.05, 4.69) is 10.3 Å². The molecule has 4 nitrogen and oxygen atoms in total. The standard InChI is InChI=1S/C16H13ClN2O2/c1-9-5-6-14(20)12(7-9)19-16(21)13-8-10-3-2-4-11(17)15(10)18-13/h2-8,18,20H,1H3,(H,19,21). The van der Waals surface area contributed by atoms with Crippen molar-refractivity contribution in [3.8, 4) is 5.75 Å². The van der Waals surface area contributed by atoms with E-state index >= 15 is 0 Å². The molecule has 3 aromatic rings. The number of benzene rings is 2. The van der Waals surface area contributed by atoms with E-state index in [9.17, 15) is 9.90 Å². The molecule has 106 valence electrons. The highest BCUT2D eigenvalue weighted by molar-refractivity contribution is 6.35. The number of rotatable bonds is 2. The number of aromatic amines is 1. The molecule has 3 N–H and O–H groups in total. The molecule has 21 heavy (non-hydrogen) atoms. The Bertz CT molecular complexity index is 839. The molecule has 0 radical (unpaired) electrons. The molecule has 0 saturated carbocycles. The Kier molecular flexibility index (Phi) is 3.31. The van der Waals surface area contributed by atoms with Crippen molar-refractivity contribution in [2.24, 2.45) is 0 Å². The summed E-state index contributed by atoms with van der Waals surface area (Å²) in [4.78, 5) is 15.3. The molecule has 0 atom stereocenters. The van der Waals surface area contributed by atoms with Crippen LogP contribution in [0.3, 0.4) is 0 Å². The van der Waals surface area contributed by atoms with Gasteiger partial charge in [0.25, 0.3) is 5.91 Å². The molecule has 1 amide bonds. The summed E-state index contributed by atoms with van der Waals surface area (Å²) in [5, 5.41) is 13.9. The number of fused-ring (bicyclic) bond motifs is 1. The summed E-state index contributed by atoms with van der Waals surface area (Å²) in [6, 6.07) is 12.2. The lowest BCUT2D eigenvalue weighted by molar-refractivity contribution is 0.102. The van der Waals surface area contributed by atoms with Gasteiger partial charge >= 0.3 is 0 Å². The van der Waals surface area contributed by atoms with Crippen molar-refractivity contribution in [3.63, 3.8) is 0 Å². The van der Waals surface area contributed by atoms with Crippen LogP contribution in [0.2, 0.25) is 5.02 Å². The van der Waals surface area contributed by atoms with Gasteiger partial charge in [0.05, 0.1) is 16.2 Å². The Labute approximate surface area is 126 Å². The van der Waals surface area contributed by atoms with Crippen molar-refractivity contribution >= 4 is 34.1 Å². The number of aryl methyl sites for hydroxylation is 1. The largest absolute Gasteiger partial charge is 0.506 e. The predicted octanol–water partition coefficient (Wildman–Crippen LogP) is 4.09. The number of carbonyl (C=O) groups excluding carboxylic acids is 1. The van der Waals surface area contributed by atoms with Crippen molar-refractivity contribution in [3.05, 3.63) is 58.7 Å². The molecule has 1 aromatic heterocycles. The van der Waals surface area contributed by atoms with E-state index < -0.39 is 0 Å². The quantitative estimate of drug-likeness (QED) is 0.624. The highest BCUT2D eigenvalue weighted by Crippen LogP contribution is 2.26. The van der Waals surface area contributed by atoms with Crippen molar-refractivity contribution in [2.75, 3.05) is 5.32 Å². The van der Waals surface area contributed by atoms with Crippen LogP contribution in [-0.4, -0.2) is 16.0 Å². The lowest BCUT2D eigenvalue weighted by Crippen LogP contribution is -2.12. The van der Waals surface area contributed by atoms with Gasteiger partial charge in [0.2, 0.25) is 0 Å². The van der Waals surface area contributed by atoms with E-state index in [1.54, 1.807) is 30.3 Å². The third kappa shape index (κ3) is 2.58. The first-order chi connectivity index (χ1) is 10.0. The van der Waals surface area contributed by atoms with E-state index in [4.69, 9.17) is 11.6 Å². The Morgan fingerprint density at radius 3 is 2.81 bits per heavy atom. The van der Waals surface area contributed by atoms with Gasteiger partial charge in [-0.05, 0) is 36.8 Å². The Hall–Kier alpha value is -2.46. The van der Waals surface area contributed by atoms with Crippen LogP contribution in [0, 0.1) is 6.92 Å². The number of nitrogens with one attached hydrogen (secondary N) is 2. The van der Waals surface area contributed by atoms with Gasteiger partial charge in [-0.15, -0.1) is 0 Å². The minimum Gasteiger partial charge on any atom is -0.506 e. The lowest BCUT2D eigenvalue weighted by atomic mass is 10.2. The first-order valence-electron chi connectivity index (χ1n) is 6.43. The second-order valence-electron chi connectivity index (χ2n) is 4.86. The SMILES string of the molecule is Cc1ccc(O)c(NC(=O)c2cc3cccc(Cl)c3[nH]2)c1. The fraction of sp³-hybridized carbons (Fsp3) is 0.0625. The van der Waals surface area contributed by atoms with Gasteiger partial charge in [0.15, 0.2) is 0 Å². The average molecular weight is 301 g/mol. The van der Waals surface area contributed by atoms with Crippen LogP contribution in [0.1, 0.15) is 16.1 Å². The number of aromatic hydroxyl groups is 1. The summed E-state index contributed by atoms with van der Waals surface area (Å²) in [7, 11) is 0. The van der Waals surface area contributed by atoms with Crippen LogP contribution in [-0.2, 0) is 0 Å². The molecule has 0 aliphatic heterocycles. The Morgan fingerprint density at radius 1 is 1.24 bits per heavy atom. The molecule has 2 aromatic carbocycles. The molecule has 0 spiro atoms. The molecule has 1 heterocycles. The minimum atomic E-state index is -0.330. The van der Waals surface area contributed by atoms with E-state index in [0.717, 1.165) is 16.5 Å². The smallest absolute Gasteiger partial charge is 0.272 e. The molecular weight excluding hydrogens is 288 g/mol. The average Bonchev–Trinajstić information content (AvgIpc) is 2.88. The normalized spacial score (nSPS) is 10.8. The predicted molar refractivity (Wildman–Crippen MR) is 84.1 cm³/mol. The third-order valence-electron chi connectivity index (χ3n) is 3.25. The van der Waals surface area contributed by atoms with Gasteiger partial charge in [0, 0.05) is 5.39 Å². The van der Waals surface area contributed by atoms with Gasteiger partial charge in [-0.25, -0.2) is 0 Å². The van der Waals surface area contributed by atoms with Crippen LogP contribution >= 0.6 is 11.6 Å². The summed E-state index contributed by atoms with van der Waals surface area (Å²) in [5.74, 6) is -0.300. The monoisotopic (exact) mass is 300 g/mol. The molecular formula is C16H13ClN2O2. The van der Waals surface area contributed by atoms with Gasteiger partial charge in [0.1, 0.15) is 11.4 Å². The molecule has 0 aliphatic rings. The van der Waals surface area contributed by atoms with Gasteiger partial charge in [-0.3, -0.25) is 4.79 Å². The second kappa shape index (κ2) is 5.14. The maximum atomic E-state index is 12.3. The number of carbonyl (C=O) groups is 1. The number of hydrogen-bond donors (Lipinski definition) is 3. The fourth-order valence-electron chi connectivity index (χ4n) is 2.18. The molecule has 3 rings (SSSR count). The second-order valence-corrected chi connectivity index (χ2v) is 5.27. The van der Waals surface area contributed by atoms with E-state index in [1.807, 2.05) is 19.1 Å². The molecule has 5 heteroatoms. The highest BCUT2D eigenvalue weighted by Gasteiger charge is 2.13. The number of halogens is 1. The van der Waals surface area contributed by atoms with Crippen molar-refractivity contribution < 1.29 is 9.90 Å². The zero-order valence-electron chi connectivity index (χ0n) is 11.3. The van der Waals surface area contributed by atoms with Crippen molar-refractivity contribution in [1.82, 2.24) is 4.98 Å². The Balaban J connectivity index is 1.93. The summed E-state index contributed by atoms with van der Waals surface area (Å²) in [6.07, 6.45) is 0. The van der Waals surface area contributed by atoms with Gasteiger partial charge < -0.3 is 15.4 Å². The third-order valence-corrected chi connectivity index (χ3v) is 3.57. The maximum absolute atomic E-state index is 12.3. The highest BCUT2D eigenvalue weighted by atomic mass is 35.5. The lowest BCUT2D eigenvalue weighted by Gasteiger charge is -2.07. The zero-order chi connectivity index (χ0) is 15.0. The number of anilines is 1. The van der Waals surface area contributed by atoms with Crippen LogP contribution < -0.4 is 5.32 Å². The number of amides is 1. The van der Waals surface area contributed by atoms with E-state index in [0.29, 0.717) is 16.4 Å². The zero-order valence-corrected chi connectivity index (χ0v) is 12.0. The minimum absolute atomic E-state index is 0.0306. The van der Waals surface area contributed by atoms with Gasteiger partial charge in [-0.1, -0.05) is 29.8 Å². The summed E-state index contributed by atoms with van der Waals surface area (Å²) < 4.78 is 0. The molecule has 0 fully saturated rings. The maximum Gasteiger partial charge on any atom is 0.272 e. The van der Waals surface area contributed by atoms with Crippen LogP contribution in [0.15, 0.2) is 42.5 Å². The number of phenols is 1. The van der Waals surface area contributed by atoms with Crippen LogP contribution in [0.5, 0.6) is 5.75 Å². The van der Waals surface area contributed by atoms with Gasteiger partial charge in [-0.2, -0.15) is 0 Å². The van der Waals surface area contributed by atoms with E-state index in [1.165, 1.54) is 0 Å². The summed E-state index contributed by atoms with van der Waals surface area (Å²) >= 11 is 6.08. The molecule has 0 saturated heterocycles. The molecule has 0 unspecified atom stereocenters. The van der Waals surface area contributed by atoms with Crippen molar-refractivity contribution in [2.45, 2.75) is 6.92 Å². The topological polar surface area (TPSA) is 65.1 Å². The van der Waals surface area contributed by atoms with Crippen molar-refractivity contribution in [1.29, 1.82) is 0 Å². The number of hydrogen-bond acceptors (Lipinski definition) is 2. The summed E-state index contributed by atoms with van der Waals surface area (Å²) in [5.41, 5.74) is 2.43. The number of H-pyrrole nitrogens is 1. The number of para-hydroxylation sites is 1.